The molecule has 0 aliphatic rings. The largest absolute Gasteiger partial charge is 0.363 e. The molecule has 0 aliphatic carbocycles. The molecular weight excluding hydrogens is 271 g/mol. The molecule has 7 heteroatoms. The molecule has 0 bridgehead atoms. The van der Waals surface area contributed by atoms with Crippen LogP contribution in [0.25, 0.3) is 0 Å². The number of nitrogens with zero attached hydrogens (tertiary/aromatic N) is 2. The van der Waals surface area contributed by atoms with Gasteiger partial charge in [0.2, 0.25) is 0 Å². The van der Waals surface area contributed by atoms with E-state index in [1.807, 2.05) is 38.0 Å². The smallest absolute Gasteiger partial charge is 0.140 e. The highest BCUT2D eigenvalue weighted by atomic mass is 33.1. The molecule has 0 atom stereocenters. The van der Waals surface area contributed by atoms with E-state index in [0.29, 0.717) is 0 Å². The number of hydrogen-bond acceptors (Lipinski definition) is 4. The van der Waals surface area contributed by atoms with Crippen molar-refractivity contribution in [2.75, 3.05) is 34.9 Å². The Morgan fingerprint density at radius 3 is 1.43 bits per heavy atom. The lowest BCUT2D eigenvalue weighted by molar-refractivity contribution is 0.648. The van der Waals surface area contributed by atoms with E-state index in [0.717, 1.165) is 8.64 Å². The molecule has 0 heterocycles. The van der Waals surface area contributed by atoms with Crippen LogP contribution in [-0.4, -0.2) is 53.3 Å². The second-order valence-electron chi connectivity index (χ2n) is 2.94. The Hall–Kier alpha value is 0.910. The second kappa shape index (κ2) is 7.23. The van der Waals surface area contributed by atoms with Crippen LogP contribution in [0, 0.1) is 0 Å². The maximum atomic E-state index is 5.21. The summed E-state index contributed by atoms with van der Waals surface area (Å²) >= 11 is 13.9. The van der Waals surface area contributed by atoms with E-state index in [1.54, 1.807) is 22.8 Å². The minimum atomic E-state index is -0.257. The summed E-state index contributed by atoms with van der Waals surface area (Å²) in [5.74, 6) is 0. The molecule has 0 amide bonds. The summed E-state index contributed by atoms with van der Waals surface area (Å²) in [6.45, 7) is 2.18. The summed E-state index contributed by atoms with van der Waals surface area (Å²) in [7, 11) is 7.86. The molecule has 82 valence electrons. The zero-order valence-corrected chi connectivity index (χ0v) is 13.1. The maximum absolute atomic E-state index is 5.21. The number of rotatable bonds is 2. The molecule has 0 saturated carbocycles. The van der Waals surface area contributed by atoms with Gasteiger partial charge in [0.05, 0.1) is 0 Å². The predicted octanol–water partition coefficient (Wildman–Crippen LogP) is 3.09. The molecule has 0 unspecified atom stereocenters. The van der Waals surface area contributed by atoms with Gasteiger partial charge in [0.25, 0.3) is 0 Å². The Labute approximate surface area is 106 Å². The standard InChI is InChI=1S/C7H15N2PS4/c1-8(2)6(11)13-10(5)14-7(12)9(3)4/h1-5H3. The summed E-state index contributed by atoms with van der Waals surface area (Å²) < 4.78 is 1.85. The van der Waals surface area contributed by atoms with Crippen LogP contribution in [0.1, 0.15) is 0 Å². The van der Waals surface area contributed by atoms with Gasteiger partial charge in [-0.25, -0.2) is 0 Å². The summed E-state index contributed by atoms with van der Waals surface area (Å²) in [4.78, 5) is 3.91. The van der Waals surface area contributed by atoms with Crippen molar-refractivity contribution in [2.45, 2.75) is 0 Å². The van der Waals surface area contributed by atoms with Crippen LogP contribution in [0.5, 0.6) is 0 Å². The minimum Gasteiger partial charge on any atom is -0.363 e. The van der Waals surface area contributed by atoms with E-state index in [1.165, 1.54) is 0 Å². The minimum absolute atomic E-state index is 0.257. The quantitative estimate of drug-likeness (QED) is 0.564. The van der Waals surface area contributed by atoms with Gasteiger partial charge >= 0.3 is 0 Å². The molecule has 0 N–H and O–H groups in total. The van der Waals surface area contributed by atoms with Crippen LogP contribution in [-0.2, 0) is 0 Å². The van der Waals surface area contributed by atoms with Crippen molar-refractivity contribution in [2.24, 2.45) is 0 Å². The van der Waals surface area contributed by atoms with Gasteiger partial charge in [-0.2, -0.15) is 0 Å². The monoisotopic (exact) mass is 286 g/mol. The van der Waals surface area contributed by atoms with E-state index in [4.69, 9.17) is 24.4 Å². The normalized spacial score (nSPS) is 10.1. The molecule has 0 aromatic carbocycles. The average Bonchev–Trinajstić information content (AvgIpc) is 2.03. The van der Waals surface area contributed by atoms with Gasteiger partial charge < -0.3 is 9.80 Å². The molecule has 0 aromatic rings. The Morgan fingerprint density at radius 2 is 1.21 bits per heavy atom. The fourth-order valence-corrected chi connectivity index (χ4v) is 8.08. The molecule has 0 aromatic heterocycles. The fraction of sp³-hybridized carbons (Fsp3) is 0.714. The third-order valence-electron chi connectivity index (χ3n) is 1.14. The Morgan fingerprint density at radius 1 is 0.929 bits per heavy atom. The van der Waals surface area contributed by atoms with Crippen LogP contribution in [0.4, 0.5) is 0 Å². The molecule has 2 nitrogen and oxygen atoms in total. The molecule has 0 rings (SSSR count). The van der Waals surface area contributed by atoms with Crippen molar-refractivity contribution in [1.82, 2.24) is 9.80 Å². The molecular formula is C7H15N2PS4. The van der Waals surface area contributed by atoms with Gasteiger partial charge in [0, 0.05) is 34.5 Å². The van der Waals surface area contributed by atoms with E-state index in [-0.39, 0.29) is 6.33 Å². The van der Waals surface area contributed by atoms with Crippen molar-refractivity contribution in [3.05, 3.63) is 0 Å². The van der Waals surface area contributed by atoms with Crippen LogP contribution in [0.15, 0.2) is 0 Å². The van der Waals surface area contributed by atoms with Crippen molar-refractivity contribution in [3.63, 3.8) is 0 Å². The maximum Gasteiger partial charge on any atom is 0.140 e. The lowest BCUT2D eigenvalue weighted by Crippen LogP contribution is -2.16. The van der Waals surface area contributed by atoms with E-state index >= 15 is 0 Å². The van der Waals surface area contributed by atoms with Crippen LogP contribution in [0.3, 0.4) is 0 Å². The first-order valence-electron chi connectivity index (χ1n) is 3.86. The Bertz CT molecular complexity index is 198. The van der Waals surface area contributed by atoms with Crippen molar-refractivity contribution in [3.8, 4) is 0 Å². The van der Waals surface area contributed by atoms with Gasteiger partial charge in [0.15, 0.2) is 0 Å². The van der Waals surface area contributed by atoms with Crippen molar-refractivity contribution >= 4 is 62.2 Å². The molecule has 14 heavy (non-hydrogen) atoms. The highest BCUT2D eigenvalue weighted by Crippen LogP contribution is 2.59. The third-order valence-corrected chi connectivity index (χ3v) is 8.59. The zero-order chi connectivity index (χ0) is 11.3. The molecule has 0 saturated heterocycles. The zero-order valence-electron chi connectivity index (χ0n) is 8.97. The SMILES string of the molecule is CN(C)C(=S)SP(C)SC(=S)N(C)C. The molecule has 0 fully saturated rings. The van der Waals surface area contributed by atoms with Gasteiger partial charge in [0.1, 0.15) is 8.64 Å². The van der Waals surface area contributed by atoms with Crippen LogP contribution in [0.2, 0.25) is 0 Å². The number of thiocarbonyl (C=S) groups is 2. The summed E-state index contributed by atoms with van der Waals surface area (Å²) in [5, 5.41) is 0. The Kier molecular flexibility index (Phi) is 7.70. The summed E-state index contributed by atoms with van der Waals surface area (Å²) in [5.41, 5.74) is 0. The summed E-state index contributed by atoms with van der Waals surface area (Å²) in [6, 6.07) is 0. The van der Waals surface area contributed by atoms with Gasteiger partial charge in [-0.3, -0.25) is 0 Å². The average molecular weight is 286 g/mol. The highest BCUT2D eigenvalue weighted by Gasteiger charge is 2.12. The van der Waals surface area contributed by atoms with Crippen LogP contribution < -0.4 is 0 Å². The predicted molar refractivity (Wildman–Crippen MR) is 80.6 cm³/mol. The van der Waals surface area contributed by atoms with E-state index in [9.17, 15) is 0 Å². The van der Waals surface area contributed by atoms with E-state index < -0.39 is 0 Å². The third kappa shape index (κ3) is 6.40. The fourth-order valence-electron chi connectivity index (χ4n) is 0.402. The first kappa shape index (κ1) is 14.9. The lowest BCUT2D eigenvalue weighted by atomic mass is 11.0. The molecule has 0 radical (unpaired) electrons. The first-order valence-corrected chi connectivity index (χ1v) is 9.31. The number of hydrogen-bond donors (Lipinski definition) is 0. The van der Waals surface area contributed by atoms with Crippen LogP contribution >= 0.6 is 53.5 Å². The summed E-state index contributed by atoms with van der Waals surface area (Å²) in [6.07, 6.45) is -0.257. The van der Waals surface area contributed by atoms with Gasteiger partial charge in [-0.15, -0.1) is 0 Å². The molecule has 0 aliphatic heterocycles. The first-order chi connectivity index (χ1) is 6.34. The topological polar surface area (TPSA) is 6.48 Å². The highest BCUT2D eigenvalue weighted by molar-refractivity contribution is 8.95. The lowest BCUT2D eigenvalue weighted by Gasteiger charge is -2.19. The van der Waals surface area contributed by atoms with Crippen molar-refractivity contribution < 1.29 is 0 Å². The second-order valence-corrected chi connectivity index (χ2v) is 11.3. The van der Waals surface area contributed by atoms with E-state index in [2.05, 4.69) is 6.66 Å². The van der Waals surface area contributed by atoms with Gasteiger partial charge in [-0.1, -0.05) is 47.2 Å². The Balaban J connectivity index is 3.93. The van der Waals surface area contributed by atoms with Crippen molar-refractivity contribution in [1.29, 1.82) is 0 Å². The molecule has 0 spiro atoms. The van der Waals surface area contributed by atoms with Gasteiger partial charge in [-0.05, 0) is 6.66 Å².